The van der Waals surface area contributed by atoms with E-state index in [1.54, 1.807) is 12.1 Å². The summed E-state index contributed by atoms with van der Waals surface area (Å²) < 4.78 is 13.6. The molecular formula is C12H16FNO. The van der Waals surface area contributed by atoms with E-state index in [9.17, 15) is 9.50 Å². The third kappa shape index (κ3) is 1.30. The molecule has 0 amide bonds. The molecular weight excluding hydrogens is 193 g/mol. The van der Waals surface area contributed by atoms with Crippen molar-refractivity contribution >= 4 is 0 Å². The number of aliphatic hydroxyl groups is 1. The average Bonchev–Trinajstić information content (AvgIpc) is 2.87. The van der Waals surface area contributed by atoms with E-state index in [0.29, 0.717) is 12.1 Å². The van der Waals surface area contributed by atoms with Gasteiger partial charge in [0.25, 0.3) is 0 Å². The second-order valence-corrected chi connectivity index (χ2v) is 4.63. The Labute approximate surface area is 88.9 Å². The van der Waals surface area contributed by atoms with Gasteiger partial charge in [0.1, 0.15) is 5.82 Å². The molecule has 0 radical (unpaired) electrons. The van der Waals surface area contributed by atoms with E-state index in [1.165, 1.54) is 6.07 Å². The third-order valence-corrected chi connectivity index (χ3v) is 3.90. The van der Waals surface area contributed by atoms with Gasteiger partial charge in [-0.15, -0.1) is 0 Å². The molecule has 1 saturated carbocycles. The Morgan fingerprint density at radius 3 is 2.60 bits per heavy atom. The van der Waals surface area contributed by atoms with Crippen molar-refractivity contribution in [2.24, 2.45) is 11.1 Å². The highest BCUT2D eigenvalue weighted by molar-refractivity contribution is 5.38. The number of nitrogens with two attached hydrogens (primary N) is 1. The van der Waals surface area contributed by atoms with Gasteiger partial charge in [0.15, 0.2) is 0 Å². The van der Waals surface area contributed by atoms with Gasteiger partial charge < -0.3 is 10.8 Å². The van der Waals surface area contributed by atoms with E-state index < -0.39 is 0 Å². The monoisotopic (exact) mass is 209 g/mol. The molecule has 2 unspecified atom stereocenters. The first-order valence-corrected chi connectivity index (χ1v) is 5.16. The SMILES string of the molecule is CC1(c2ccccc2F)CC1(CN)CO. The summed E-state index contributed by atoms with van der Waals surface area (Å²) in [5, 5.41) is 9.34. The lowest BCUT2D eigenvalue weighted by molar-refractivity contribution is 0.197. The van der Waals surface area contributed by atoms with Crippen molar-refractivity contribution in [2.45, 2.75) is 18.8 Å². The molecule has 1 aliphatic carbocycles. The molecule has 1 aromatic rings. The van der Waals surface area contributed by atoms with Crippen molar-refractivity contribution in [2.75, 3.05) is 13.2 Å². The maximum atomic E-state index is 13.6. The highest BCUT2D eigenvalue weighted by Crippen LogP contribution is 2.63. The highest BCUT2D eigenvalue weighted by Gasteiger charge is 2.64. The number of hydrogen-bond donors (Lipinski definition) is 2. The van der Waals surface area contributed by atoms with Gasteiger partial charge in [0.2, 0.25) is 0 Å². The summed E-state index contributed by atoms with van der Waals surface area (Å²) in [6, 6.07) is 6.73. The second kappa shape index (κ2) is 3.29. The molecule has 0 spiro atoms. The molecule has 0 heterocycles. The van der Waals surface area contributed by atoms with Crippen molar-refractivity contribution in [3.05, 3.63) is 35.6 Å². The average molecular weight is 209 g/mol. The molecule has 2 atom stereocenters. The summed E-state index contributed by atoms with van der Waals surface area (Å²) in [7, 11) is 0. The summed E-state index contributed by atoms with van der Waals surface area (Å²) in [4.78, 5) is 0. The summed E-state index contributed by atoms with van der Waals surface area (Å²) in [6.45, 7) is 2.39. The smallest absolute Gasteiger partial charge is 0.126 e. The lowest BCUT2D eigenvalue weighted by Crippen LogP contribution is -2.28. The fraction of sp³-hybridized carbons (Fsp3) is 0.500. The van der Waals surface area contributed by atoms with Crippen molar-refractivity contribution in [3.63, 3.8) is 0 Å². The van der Waals surface area contributed by atoms with E-state index >= 15 is 0 Å². The van der Waals surface area contributed by atoms with Crippen molar-refractivity contribution < 1.29 is 9.50 Å². The van der Waals surface area contributed by atoms with E-state index in [4.69, 9.17) is 5.73 Å². The zero-order valence-corrected chi connectivity index (χ0v) is 8.83. The standard InChI is InChI=1S/C12H16FNO/c1-11(6-12(11,7-14)8-15)9-4-2-3-5-10(9)13/h2-5,15H,6-8,14H2,1H3. The molecule has 1 fully saturated rings. The minimum Gasteiger partial charge on any atom is -0.396 e. The number of hydrogen-bond acceptors (Lipinski definition) is 2. The fourth-order valence-electron chi connectivity index (χ4n) is 2.51. The predicted octanol–water partition coefficient (Wildman–Crippen LogP) is 1.42. The Bertz CT molecular complexity index is 376. The topological polar surface area (TPSA) is 46.2 Å². The molecule has 2 rings (SSSR count). The number of rotatable bonds is 3. The van der Waals surface area contributed by atoms with Crippen LogP contribution >= 0.6 is 0 Å². The third-order valence-electron chi connectivity index (χ3n) is 3.90. The number of benzene rings is 1. The van der Waals surface area contributed by atoms with Crippen LogP contribution in [0, 0.1) is 11.2 Å². The van der Waals surface area contributed by atoms with Gasteiger partial charge in [-0.25, -0.2) is 4.39 Å². The Morgan fingerprint density at radius 1 is 1.47 bits per heavy atom. The van der Waals surface area contributed by atoms with Gasteiger partial charge in [-0.1, -0.05) is 25.1 Å². The first kappa shape index (κ1) is 10.6. The minimum absolute atomic E-state index is 0.0222. The van der Waals surface area contributed by atoms with Crippen LogP contribution in [-0.2, 0) is 5.41 Å². The first-order chi connectivity index (χ1) is 7.09. The Hall–Kier alpha value is -0.930. The zero-order valence-electron chi connectivity index (χ0n) is 8.83. The van der Waals surface area contributed by atoms with Crippen LogP contribution in [0.5, 0.6) is 0 Å². The van der Waals surface area contributed by atoms with Crippen LogP contribution in [0.25, 0.3) is 0 Å². The maximum Gasteiger partial charge on any atom is 0.126 e. The lowest BCUT2D eigenvalue weighted by atomic mass is 9.88. The van der Waals surface area contributed by atoms with Crippen molar-refractivity contribution in [1.82, 2.24) is 0 Å². The number of aliphatic hydroxyl groups excluding tert-OH is 1. The molecule has 1 aromatic carbocycles. The Balaban J connectivity index is 2.38. The van der Waals surface area contributed by atoms with E-state index in [1.807, 2.05) is 13.0 Å². The van der Waals surface area contributed by atoms with Crippen molar-refractivity contribution in [3.8, 4) is 0 Å². The van der Waals surface area contributed by atoms with Crippen LogP contribution in [0.15, 0.2) is 24.3 Å². The Kier molecular flexibility index (Phi) is 2.32. The van der Waals surface area contributed by atoms with Gasteiger partial charge >= 0.3 is 0 Å². The van der Waals surface area contributed by atoms with Crippen LogP contribution in [0.2, 0.25) is 0 Å². The molecule has 1 aliphatic rings. The van der Waals surface area contributed by atoms with E-state index in [2.05, 4.69) is 0 Å². The fourth-order valence-corrected chi connectivity index (χ4v) is 2.51. The predicted molar refractivity (Wildman–Crippen MR) is 56.9 cm³/mol. The largest absolute Gasteiger partial charge is 0.396 e. The van der Waals surface area contributed by atoms with E-state index in [-0.39, 0.29) is 23.3 Å². The van der Waals surface area contributed by atoms with Crippen LogP contribution in [0.3, 0.4) is 0 Å². The second-order valence-electron chi connectivity index (χ2n) is 4.63. The zero-order chi connectivity index (χ0) is 11.1. The van der Waals surface area contributed by atoms with Crippen molar-refractivity contribution in [1.29, 1.82) is 0 Å². The molecule has 0 bridgehead atoms. The van der Waals surface area contributed by atoms with Gasteiger partial charge in [-0.05, 0) is 18.1 Å². The van der Waals surface area contributed by atoms with Crippen LogP contribution in [-0.4, -0.2) is 18.3 Å². The highest BCUT2D eigenvalue weighted by atomic mass is 19.1. The summed E-state index contributed by atoms with van der Waals surface area (Å²) in [6.07, 6.45) is 0.758. The quantitative estimate of drug-likeness (QED) is 0.791. The maximum absolute atomic E-state index is 13.6. The summed E-state index contributed by atoms with van der Waals surface area (Å²) in [5.74, 6) is -0.205. The first-order valence-electron chi connectivity index (χ1n) is 5.16. The summed E-state index contributed by atoms with van der Waals surface area (Å²) >= 11 is 0. The summed E-state index contributed by atoms with van der Waals surface area (Å²) in [5.41, 5.74) is 5.70. The molecule has 0 aliphatic heterocycles. The Morgan fingerprint density at radius 2 is 2.13 bits per heavy atom. The normalized spacial score (nSPS) is 34.1. The molecule has 3 N–H and O–H groups in total. The van der Waals surface area contributed by atoms with Gasteiger partial charge in [-0.3, -0.25) is 0 Å². The molecule has 2 nitrogen and oxygen atoms in total. The number of halogens is 1. The van der Waals surface area contributed by atoms with E-state index in [0.717, 1.165) is 6.42 Å². The van der Waals surface area contributed by atoms with Gasteiger partial charge in [-0.2, -0.15) is 0 Å². The molecule has 82 valence electrons. The molecule has 15 heavy (non-hydrogen) atoms. The lowest BCUT2D eigenvalue weighted by Gasteiger charge is -2.20. The minimum atomic E-state index is -0.324. The van der Waals surface area contributed by atoms with Crippen LogP contribution < -0.4 is 5.73 Å². The molecule has 0 aromatic heterocycles. The van der Waals surface area contributed by atoms with Gasteiger partial charge in [0, 0.05) is 17.4 Å². The molecule has 0 saturated heterocycles. The van der Waals surface area contributed by atoms with Crippen LogP contribution in [0.4, 0.5) is 4.39 Å². The molecule has 3 heteroatoms. The van der Waals surface area contributed by atoms with Crippen LogP contribution in [0.1, 0.15) is 18.9 Å². The van der Waals surface area contributed by atoms with Gasteiger partial charge in [0.05, 0.1) is 6.61 Å².